The first-order valence-electron chi connectivity index (χ1n) is 6.93. The summed E-state index contributed by atoms with van der Waals surface area (Å²) in [5, 5.41) is 0. The smallest absolute Gasteiger partial charge is 0.330 e. The van der Waals surface area contributed by atoms with Crippen LogP contribution in [0.2, 0.25) is 0 Å². The standard InChI is InChI=1S/C16H22N2O2/c1-17-10-11-18(2)15(12-17)8-9-16(19)20-13-14-6-4-3-5-7-14/h3-9,15H,10-13H2,1-2H3/t15-/m0/s1. The molecule has 0 aromatic heterocycles. The summed E-state index contributed by atoms with van der Waals surface area (Å²) in [6.45, 7) is 3.35. The maximum absolute atomic E-state index is 11.7. The number of carbonyl (C=O) groups is 1. The number of piperazine rings is 1. The molecule has 0 N–H and O–H groups in total. The number of esters is 1. The molecule has 0 unspecified atom stereocenters. The highest BCUT2D eigenvalue weighted by atomic mass is 16.5. The second-order valence-corrected chi connectivity index (χ2v) is 5.26. The van der Waals surface area contributed by atoms with Gasteiger partial charge in [-0.2, -0.15) is 0 Å². The molecule has 1 aliphatic heterocycles. The molecule has 1 aliphatic rings. The molecule has 1 heterocycles. The van der Waals surface area contributed by atoms with Crippen molar-refractivity contribution in [3.63, 3.8) is 0 Å². The lowest BCUT2D eigenvalue weighted by atomic mass is 10.2. The van der Waals surface area contributed by atoms with Crippen molar-refractivity contribution < 1.29 is 9.53 Å². The van der Waals surface area contributed by atoms with Gasteiger partial charge in [0.15, 0.2) is 0 Å². The van der Waals surface area contributed by atoms with Crippen LogP contribution in [0.1, 0.15) is 5.56 Å². The third-order valence-corrected chi connectivity index (χ3v) is 3.58. The molecule has 0 radical (unpaired) electrons. The summed E-state index contributed by atoms with van der Waals surface area (Å²) in [4.78, 5) is 16.2. The van der Waals surface area contributed by atoms with Gasteiger partial charge in [0.2, 0.25) is 0 Å². The Morgan fingerprint density at radius 1 is 1.30 bits per heavy atom. The van der Waals surface area contributed by atoms with E-state index in [2.05, 4.69) is 23.9 Å². The fourth-order valence-corrected chi connectivity index (χ4v) is 2.22. The summed E-state index contributed by atoms with van der Waals surface area (Å²) in [6.07, 6.45) is 3.48. The molecular formula is C16H22N2O2. The zero-order chi connectivity index (χ0) is 14.4. The molecule has 20 heavy (non-hydrogen) atoms. The molecule has 0 aliphatic carbocycles. The zero-order valence-corrected chi connectivity index (χ0v) is 12.2. The minimum Gasteiger partial charge on any atom is -0.458 e. The predicted octanol–water partition coefficient (Wildman–Crippen LogP) is 1.53. The van der Waals surface area contributed by atoms with Gasteiger partial charge < -0.3 is 9.64 Å². The molecule has 108 valence electrons. The van der Waals surface area contributed by atoms with Crippen molar-refractivity contribution in [3.8, 4) is 0 Å². The van der Waals surface area contributed by atoms with Crippen LogP contribution >= 0.6 is 0 Å². The van der Waals surface area contributed by atoms with Crippen LogP contribution in [-0.2, 0) is 16.1 Å². The first-order chi connectivity index (χ1) is 9.65. The Morgan fingerprint density at radius 2 is 2.05 bits per heavy atom. The Balaban J connectivity index is 1.80. The largest absolute Gasteiger partial charge is 0.458 e. The number of ether oxygens (including phenoxy) is 1. The van der Waals surface area contributed by atoms with Gasteiger partial charge in [0.25, 0.3) is 0 Å². The summed E-state index contributed by atoms with van der Waals surface area (Å²) in [7, 11) is 4.18. The molecule has 1 fully saturated rings. The quantitative estimate of drug-likeness (QED) is 0.616. The molecule has 0 bridgehead atoms. The van der Waals surface area contributed by atoms with Crippen LogP contribution in [0.15, 0.2) is 42.5 Å². The van der Waals surface area contributed by atoms with Gasteiger partial charge >= 0.3 is 5.97 Å². The normalized spacial score (nSPS) is 21.2. The topological polar surface area (TPSA) is 32.8 Å². The SMILES string of the molecule is CN1CCN(C)[C@@H](C=CC(=O)OCc2ccccc2)C1. The van der Waals surface area contributed by atoms with Crippen LogP contribution in [0.3, 0.4) is 0 Å². The lowest BCUT2D eigenvalue weighted by molar-refractivity contribution is -0.139. The fourth-order valence-electron chi connectivity index (χ4n) is 2.22. The van der Waals surface area contributed by atoms with Crippen molar-refractivity contribution in [2.24, 2.45) is 0 Å². The minimum absolute atomic E-state index is 0.276. The van der Waals surface area contributed by atoms with Gasteiger partial charge in [-0.3, -0.25) is 4.90 Å². The predicted molar refractivity (Wildman–Crippen MR) is 79.3 cm³/mol. The van der Waals surface area contributed by atoms with E-state index in [1.165, 1.54) is 0 Å². The lowest BCUT2D eigenvalue weighted by Gasteiger charge is -2.35. The van der Waals surface area contributed by atoms with Crippen molar-refractivity contribution in [1.82, 2.24) is 9.80 Å². The van der Waals surface area contributed by atoms with Crippen LogP contribution < -0.4 is 0 Å². The first-order valence-corrected chi connectivity index (χ1v) is 6.93. The van der Waals surface area contributed by atoms with Gasteiger partial charge in [-0.1, -0.05) is 36.4 Å². The van der Waals surface area contributed by atoms with Crippen LogP contribution in [0, 0.1) is 0 Å². The maximum Gasteiger partial charge on any atom is 0.330 e. The molecule has 4 nitrogen and oxygen atoms in total. The van der Waals surface area contributed by atoms with E-state index in [0.717, 1.165) is 25.2 Å². The molecule has 1 atom stereocenters. The number of nitrogens with zero attached hydrogens (tertiary/aromatic N) is 2. The number of likely N-dealkylation sites (N-methyl/N-ethyl adjacent to an activating group) is 2. The zero-order valence-electron chi connectivity index (χ0n) is 12.2. The Labute approximate surface area is 120 Å². The molecule has 0 spiro atoms. The van der Waals surface area contributed by atoms with Gasteiger partial charge in [0, 0.05) is 31.8 Å². The minimum atomic E-state index is -0.282. The van der Waals surface area contributed by atoms with Crippen molar-refractivity contribution in [1.29, 1.82) is 0 Å². The Hall–Kier alpha value is -1.65. The van der Waals surface area contributed by atoms with E-state index in [9.17, 15) is 4.79 Å². The monoisotopic (exact) mass is 274 g/mol. The molecular weight excluding hydrogens is 252 g/mol. The van der Waals surface area contributed by atoms with Gasteiger partial charge in [-0.15, -0.1) is 0 Å². The van der Waals surface area contributed by atoms with Gasteiger partial charge in [-0.05, 0) is 19.7 Å². The van der Waals surface area contributed by atoms with E-state index in [4.69, 9.17) is 4.74 Å². The third-order valence-electron chi connectivity index (χ3n) is 3.58. The third kappa shape index (κ3) is 4.47. The van der Waals surface area contributed by atoms with Gasteiger partial charge in [-0.25, -0.2) is 4.79 Å². The van der Waals surface area contributed by atoms with Crippen LogP contribution in [0.25, 0.3) is 0 Å². The van der Waals surface area contributed by atoms with Crippen molar-refractivity contribution in [2.45, 2.75) is 12.6 Å². The van der Waals surface area contributed by atoms with E-state index in [-0.39, 0.29) is 12.0 Å². The number of hydrogen-bond acceptors (Lipinski definition) is 4. The van der Waals surface area contributed by atoms with Gasteiger partial charge in [0.05, 0.1) is 0 Å². The second kappa shape index (κ2) is 7.22. The lowest BCUT2D eigenvalue weighted by Crippen LogP contribution is -2.48. The maximum atomic E-state index is 11.7. The van der Waals surface area contributed by atoms with Crippen molar-refractivity contribution in [3.05, 3.63) is 48.0 Å². The van der Waals surface area contributed by atoms with Crippen molar-refractivity contribution in [2.75, 3.05) is 33.7 Å². The Morgan fingerprint density at radius 3 is 2.80 bits per heavy atom. The summed E-state index contributed by atoms with van der Waals surface area (Å²) in [6, 6.07) is 9.98. The molecule has 2 rings (SSSR count). The van der Waals surface area contributed by atoms with E-state index in [1.54, 1.807) is 6.08 Å². The Bertz CT molecular complexity index is 459. The van der Waals surface area contributed by atoms with Crippen LogP contribution in [0.5, 0.6) is 0 Å². The first kappa shape index (κ1) is 14.8. The second-order valence-electron chi connectivity index (χ2n) is 5.26. The fraction of sp³-hybridized carbons (Fsp3) is 0.438. The van der Waals surface area contributed by atoms with Crippen molar-refractivity contribution >= 4 is 5.97 Å². The number of rotatable bonds is 4. The van der Waals surface area contributed by atoms with E-state index in [1.807, 2.05) is 36.4 Å². The highest BCUT2D eigenvalue weighted by molar-refractivity contribution is 5.82. The Kier molecular flexibility index (Phi) is 5.32. The average molecular weight is 274 g/mol. The number of carbonyl (C=O) groups excluding carboxylic acids is 1. The molecule has 0 amide bonds. The van der Waals surface area contributed by atoms with Gasteiger partial charge in [0.1, 0.15) is 6.61 Å². The summed E-state index contributed by atoms with van der Waals surface area (Å²) >= 11 is 0. The number of benzene rings is 1. The summed E-state index contributed by atoms with van der Waals surface area (Å²) in [5.41, 5.74) is 1.00. The molecule has 1 aromatic carbocycles. The molecule has 1 saturated heterocycles. The average Bonchev–Trinajstić information content (AvgIpc) is 2.47. The molecule has 1 aromatic rings. The summed E-state index contributed by atoms with van der Waals surface area (Å²) < 4.78 is 5.22. The van der Waals surface area contributed by atoms with E-state index >= 15 is 0 Å². The highest BCUT2D eigenvalue weighted by Gasteiger charge is 2.19. The number of hydrogen-bond donors (Lipinski definition) is 0. The van der Waals surface area contributed by atoms with Crippen LogP contribution in [0.4, 0.5) is 0 Å². The molecule has 0 saturated carbocycles. The molecule has 4 heteroatoms. The highest BCUT2D eigenvalue weighted by Crippen LogP contribution is 2.07. The summed E-state index contributed by atoms with van der Waals surface area (Å²) in [5.74, 6) is -0.282. The van der Waals surface area contributed by atoms with Crippen LogP contribution in [-0.4, -0.2) is 55.5 Å². The van der Waals surface area contributed by atoms with E-state index < -0.39 is 0 Å². The van der Waals surface area contributed by atoms with E-state index in [0.29, 0.717) is 6.61 Å².